The number of aliphatic hydroxyl groups excluding tert-OH is 2. The number of anilines is 1. The van der Waals surface area contributed by atoms with Gasteiger partial charge in [-0.25, -0.2) is 9.97 Å². The summed E-state index contributed by atoms with van der Waals surface area (Å²) in [5, 5.41) is 20.1. The molecule has 3 N–H and O–H groups in total. The molecule has 0 atom stereocenters. The topological polar surface area (TPSA) is 98.6 Å². The molecule has 1 aromatic rings. The highest BCUT2D eigenvalue weighted by Crippen LogP contribution is 2.00. The first-order valence-electron chi connectivity index (χ1n) is 5.16. The number of nitrogens with one attached hydrogen (secondary N) is 1. The summed E-state index contributed by atoms with van der Waals surface area (Å²) in [6, 6.07) is 1.05. The zero-order chi connectivity index (χ0) is 12.7. The van der Waals surface area contributed by atoms with Crippen molar-refractivity contribution in [2.24, 2.45) is 0 Å². The molecule has 7 heteroatoms. The van der Waals surface area contributed by atoms with Crippen molar-refractivity contribution in [1.29, 1.82) is 0 Å². The first kappa shape index (κ1) is 13.3. The molecule has 0 fully saturated rings. The smallest absolute Gasteiger partial charge is 0.239 e. The zero-order valence-corrected chi connectivity index (χ0v) is 9.58. The molecule has 0 aromatic carbocycles. The summed E-state index contributed by atoms with van der Waals surface area (Å²) in [4.78, 5) is 21.1. The number of hydrogen-bond acceptors (Lipinski definition) is 6. The maximum Gasteiger partial charge on any atom is 0.239 e. The molecule has 0 aliphatic carbocycles. The Morgan fingerprint density at radius 1 is 1.41 bits per heavy atom. The van der Waals surface area contributed by atoms with Gasteiger partial charge in [-0.3, -0.25) is 4.79 Å². The van der Waals surface area contributed by atoms with Crippen molar-refractivity contribution < 1.29 is 15.0 Å². The predicted octanol–water partition coefficient (Wildman–Crippen LogP) is -1.62. The van der Waals surface area contributed by atoms with Crippen LogP contribution in [-0.2, 0) is 4.79 Å². The van der Waals surface area contributed by atoms with Gasteiger partial charge in [-0.1, -0.05) is 0 Å². The minimum Gasteiger partial charge on any atom is -0.394 e. The van der Waals surface area contributed by atoms with Crippen LogP contribution in [0.15, 0.2) is 18.5 Å². The van der Waals surface area contributed by atoms with Gasteiger partial charge in [-0.2, -0.15) is 0 Å². The van der Waals surface area contributed by atoms with Gasteiger partial charge in [0.25, 0.3) is 0 Å². The van der Waals surface area contributed by atoms with Crippen LogP contribution in [0.5, 0.6) is 0 Å². The first-order valence-corrected chi connectivity index (χ1v) is 5.16. The number of rotatable bonds is 6. The molecule has 0 spiro atoms. The van der Waals surface area contributed by atoms with Crippen molar-refractivity contribution in [2.45, 2.75) is 6.04 Å². The van der Waals surface area contributed by atoms with Gasteiger partial charge in [0.2, 0.25) is 11.9 Å². The third-order valence-corrected chi connectivity index (χ3v) is 2.08. The van der Waals surface area contributed by atoms with Crippen molar-refractivity contribution in [1.82, 2.24) is 15.3 Å². The molecule has 1 rings (SSSR count). The van der Waals surface area contributed by atoms with Gasteiger partial charge < -0.3 is 20.4 Å². The van der Waals surface area contributed by atoms with Gasteiger partial charge in [0.05, 0.1) is 25.8 Å². The lowest BCUT2D eigenvalue weighted by molar-refractivity contribution is -0.121. The Bertz CT molecular complexity index is 343. The van der Waals surface area contributed by atoms with E-state index in [1.807, 2.05) is 0 Å². The van der Waals surface area contributed by atoms with Gasteiger partial charge in [-0.05, 0) is 6.07 Å². The van der Waals surface area contributed by atoms with Gasteiger partial charge in [0.1, 0.15) is 0 Å². The number of carbonyl (C=O) groups is 1. The van der Waals surface area contributed by atoms with E-state index in [9.17, 15) is 4.79 Å². The molecule has 17 heavy (non-hydrogen) atoms. The van der Waals surface area contributed by atoms with Gasteiger partial charge >= 0.3 is 0 Å². The fraction of sp³-hybridized carbons (Fsp3) is 0.500. The third-order valence-electron chi connectivity index (χ3n) is 2.08. The Balaban J connectivity index is 2.46. The Kier molecular flexibility index (Phi) is 5.31. The van der Waals surface area contributed by atoms with E-state index in [2.05, 4.69) is 15.3 Å². The second-order valence-corrected chi connectivity index (χ2v) is 3.53. The summed E-state index contributed by atoms with van der Waals surface area (Å²) >= 11 is 0. The van der Waals surface area contributed by atoms with E-state index in [0.717, 1.165) is 0 Å². The molecule has 1 amide bonds. The summed E-state index contributed by atoms with van der Waals surface area (Å²) in [5.41, 5.74) is 0. The number of likely N-dealkylation sites (N-methyl/N-ethyl adjacent to an activating group) is 1. The summed E-state index contributed by atoms with van der Waals surface area (Å²) in [6.45, 7) is -0.540. The van der Waals surface area contributed by atoms with Crippen LogP contribution in [-0.4, -0.2) is 58.9 Å². The zero-order valence-electron chi connectivity index (χ0n) is 9.58. The van der Waals surface area contributed by atoms with Gasteiger partial charge in [-0.15, -0.1) is 0 Å². The van der Waals surface area contributed by atoms with E-state index >= 15 is 0 Å². The fourth-order valence-electron chi connectivity index (χ4n) is 1.20. The van der Waals surface area contributed by atoms with Crippen LogP contribution < -0.4 is 10.2 Å². The first-order chi connectivity index (χ1) is 8.17. The van der Waals surface area contributed by atoms with Crippen molar-refractivity contribution in [3.8, 4) is 0 Å². The highest BCUT2D eigenvalue weighted by Gasteiger charge is 2.13. The van der Waals surface area contributed by atoms with E-state index in [0.29, 0.717) is 5.95 Å². The number of aliphatic hydroxyl groups is 2. The standard InChI is InChI=1S/C10H16N4O3/c1-14(10-11-3-2-4-12-10)5-9(17)13-8(6-15)7-16/h2-4,8,15-16H,5-7H2,1H3,(H,13,17). The van der Waals surface area contributed by atoms with Crippen LogP contribution in [0.4, 0.5) is 5.95 Å². The van der Waals surface area contributed by atoms with E-state index in [-0.39, 0.29) is 25.7 Å². The predicted molar refractivity (Wildman–Crippen MR) is 61.4 cm³/mol. The molecule has 0 aliphatic rings. The molecule has 7 nitrogen and oxygen atoms in total. The van der Waals surface area contributed by atoms with Crippen molar-refractivity contribution in [3.05, 3.63) is 18.5 Å². The normalized spacial score (nSPS) is 10.4. The van der Waals surface area contributed by atoms with Crippen LogP contribution in [0.3, 0.4) is 0 Å². The fourth-order valence-corrected chi connectivity index (χ4v) is 1.20. The van der Waals surface area contributed by atoms with E-state index in [1.54, 1.807) is 30.4 Å². The molecule has 1 aromatic heterocycles. The van der Waals surface area contributed by atoms with Gasteiger partial charge in [0, 0.05) is 19.4 Å². The van der Waals surface area contributed by atoms with E-state index in [4.69, 9.17) is 10.2 Å². The lowest BCUT2D eigenvalue weighted by Crippen LogP contribution is -2.44. The highest BCUT2D eigenvalue weighted by atomic mass is 16.3. The summed E-state index contributed by atoms with van der Waals surface area (Å²) in [5.74, 6) is 0.125. The average molecular weight is 240 g/mol. The molecular weight excluding hydrogens is 224 g/mol. The van der Waals surface area contributed by atoms with Crippen molar-refractivity contribution >= 4 is 11.9 Å². The monoisotopic (exact) mass is 240 g/mol. The molecule has 0 saturated heterocycles. The number of amides is 1. The number of carbonyl (C=O) groups excluding carboxylic acids is 1. The van der Waals surface area contributed by atoms with E-state index < -0.39 is 6.04 Å². The van der Waals surface area contributed by atoms with E-state index in [1.165, 1.54) is 0 Å². The molecule has 0 aliphatic heterocycles. The minimum atomic E-state index is -0.632. The van der Waals surface area contributed by atoms with Crippen molar-refractivity contribution in [3.63, 3.8) is 0 Å². The molecule has 1 heterocycles. The van der Waals surface area contributed by atoms with Crippen LogP contribution in [0, 0.1) is 0 Å². The quantitative estimate of drug-likeness (QED) is 0.553. The third kappa shape index (κ3) is 4.33. The maximum absolute atomic E-state index is 11.5. The SMILES string of the molecule is CN(CC(=O)NC(CO)CO)c1ncccn1. The second kappa shape index (κ2) is 6.77. The maximum atomic E-state index is 11.5. The Labute approximate surface area is 99.1 Å². The minimum absolute atomic E-state index is 0.0561. The van der Waals surface area contributed by atoms with Crippen LogP contribution in [0.2, 0.25) is 0 Å². The van der Waals surface area contributed by atoms with Crippen LogP contribution >= 0.6 is 0 Å². The summed E-state index contributed by atoms with van der Waals surface area (Å²) in [7, 11) is 1.68. The summed E-state index contributed by atoms with van der Waals surface area (Å²) < 4.78 is 0. The highest BCUT2D eigenvalue weighted by molar-refractivity contribution is 5.80. The lowest BCUT2D eigenvalue weighted by atomic mass is 10.3. The van der Waals surface area contributed by atoms with Crippen molar-refractivity contribution in [2.75, 3.05) is 31.7 Å². The Hall–Kier alpha value is -1.73. The molecule has 94 valence electrons. The second-order valence-electron chi connectivity index (χ2n) is 3.53. The Morgan fingerprint density at radius 2 is 2.00 bits per heavy atom. The number of nitrogens with zero attached hydrogens (tertiary/aromatic N) is 3. The molecular formula is C10H16N4O3. The summed E-state index contributed by atoms with van der Waals surface area (Å²) in [6.07, 6.45) is 3.17. The number of aromatic nitrogens is 2. The lowest BCUT2D eigenvalue weighted by Gasteiger charge is -2.18. The molecule has 0 unspecified atom stereocenters. The van der Waals surface area contributed by atoms with Crippen LogP contribution in [0.25, 0.3) is 0 Å². The average Bonchev–Trinajstić information content (AvgIpc) is 2.37. The largest absolute Gasteiger partial charge is 0.394 e. The Morgan fingerprint density at radius 3 is 2.53 bits per heavy atom. The molecule has 0 bridgehead atoms. The van der Waals surface area contributed by atoms with Crippen LogP contribution in [0.1, 0.15) is 0 Å². The van der Waals surface area contributed by atoms with Gasteiger partial charge in [0.15, 0.2) is 0 Å². The number of hydrogen-bond donors (Lipinski definition) is 3. The molecule has 0 saturated carbocycles. The molecule has 0 radical (unpaired) electrons.